The fourth-order valence-electron chi connectivity index (χ4n) is 2.41. The highest BCUT2D eigenvalue weighted by molar-refractivity contribution is 9.10. The number of halogens is 1. The summed E-state index contributed by atoms with van der Waals surface area (Å²) >= 11 is 3.33. The Hall–Kier alpha value is -2.06. The third kappa shape index (κ3) is 3.54. The Balaban J connectivity index is 1.85. The smallest absolute Gasteiger partial charge is 0.267 e. The lowest BCUT2D eigenvalue weighted by Gasteiger charge is -2.33. The zero-order chi connectivity index (χ0) is 17.3. The van der Waals surface area contributed by atoms with Gasteiger partial charge in [-0.3, -0.25) is 9.10 Å². The molecule has 2 aromatic carbocycles. The Morgan fingerprint density at radius 3 is 2.54 bits per heavy atom. The van der Waals surface area contributed by atoms with Gasteiger partial charge in [-0.05, 0) is 36.4 Å². The second-order valence-corrected chi connectivity index (χ2v) is 8.19. The molecule has 0 unspecified atom stereocenters. The number of rotatable bonds is 3. The van der Waals surface area contributed by atoms with Gasteiger partial charge < -0.3 is 10.1 Å². The van der Waals surface area contributed by atoms with Gasteiger partial charge in [-0.2, -0.15) is 0 Å². The molecular weight excluding hydrogens is 396 g/mol. The van der Waals surface area contributed by atoms with E-state index in [4.69, 9.17) is 4.74 Å². The van der Waals surface area contributed by atoms with Gasteiger partial charge in [0.1, 0.15) is 5.75 Å². The van der Waals surface area contributed by atoms with Crippen LogP contribution in [0.15, 0.2) is 53.0 Å². The van der Waals surface area contributed by atoms with Crippen LogP contribution in [0, 0.1) is 0 Å². The summed E-state index contributed by atoms with van der Waals surface area (Å²) < 4.78 is 31.9. The predicted molar refractivity (Wildman–Crippen MR) is 95.8 cm³/mol. The number of fused-ring (bicyclic) bond motifs is 1. The van der Waals surface area contributed by atoms with Gasteiger partial charge in [0.2, 0.25) is 10.0 Å². The normalized spacial score (nSPS) is 16.9. The van der Waals surface area contributed by atoms with E-state index >= 15 is 0 Å². The van der Waals surface area contributed by atoms with Crippen LogP contribution >= 0.6 is 15.9 Å². The summed E-state index contributed by atoms with van der Waals surface area (Å²) in [4.78, 5) is 12.5. The number of hydrogen-bond acceptors (Lipinski definition) is 4. The molecule has 3 rings (SSSR count). The van der Waals surface area contributed by atoms with Gasteiger partial charge in [0.15, 0.2) is 6.10 Å². The molecule has 1 N–H and O–H groups in total. The molecule has 0 radical (unpaired) electrons. The maximum atomic E-state index is 12.5. The molecule has 1 aliphatic heterocycles. The largest absolute Gasteiger partial charge is 0.476 e. The van der Waals surface area contributed by atoms with E-state index in [0.717, 1.165) is 10.7 Å². The van der Waals surface area contributed by atoms with Crippen molar-refractivity contribution in [1.29, 1.82) is 0 Å². The molecule has 0 fully saturated rings. The average Bonchev–Trinajstić information content (AvgIpc) is 2.55. The summed E-state index contributed by atoms with van der Waals surface area (Å²) in [5, 5.41) is 2.74. The third-order valence-electron chi connectivity index (χ3n) is 3.54. The highest BCUT2D eigenvalue weighted by Gasteiger charge is 2.34. The second-order valence-electron chi connectivity index (χ2n) is 5.36. The third-order valence-corrected chi connectivity index (χ3v) is 5.21. The number of sulfonamides is 1. The molecule has 6 nitrogen and oxygen atoms in total. The number of benzene rings is 2. The van der Waals surface area contributed by atoms with Gasteiger partial charge in [0, 0.05) is 10.2 Å². The van der Waals surface area contributed by atoms with Crippen molar-refractivity contribution in [3.63, 3.8) is 0 Å². The van der Waals surface area contributed by atoms with E-state index in [-0.39, 0.29) is 6.54 Å². The van der Waals surface area contributed by atoms with Crippen molar-refractivity contribution < 1.29 is 17.9 Å². The molecule has 0 spiro atoms. The van der Waals surface area contributed by atoms with Gasteiger partial charge in [0.05, 0.1) is 18.5 Å². The van der Waals surface area contributed by atoms with Gasteiger partial charge in [-0.15, -0.1) is 0 Å². The summed E-state index contributed by atoms with van der Waals surface area (Å²) in [6.07, 6.45) is 0.178. The molecule has 0 aromatic heterocycles. The zero-order valence-corrected chi connectivity index (χ0v) is 15.2. The van der Waals surface area contributed by atoms with Crippen molar-refractivity contribution in [2.24, 2.45) is 0 Å². The Labute approximate surface area is 148 Å². The minimum atomic E-state index is -3.52. The minimum Gasteiger partial charge on any atom is -0.476 e. The minimum absolute atomic E-state index is 0.0712. The maximum Gasteiger partial charge on any atom is 0.267 e. The van der Waals surface area contributed by atoms with Crippen LogP contribution in [0.1, 0.15) is 0 Å². The van der Waals surface area contributed by atoms with Crippen LogP contribution in [-0.4, -0.2) is 33.2 Å². The highest BCUT2D eigenvalue weighted by atomic mass is 79.9. The Kier molecular flexibility index (Phi) is 4.51. The first-order chi connectivity index (χ1) is 11.3. The van der Waals surface area contributed by atoms with E-state index in [2.05, 4.69) is 21.2 Å². The molecule has 2 aromatic rings. The van der Waals surface area contributed by atoms with Crippen molar-refractivity contribution in [3.05, 3.63) is 53.0 Å². The van der Waals surface area contributed by atoms with E-state index in [0.29, 0.717) is 17.1 Å². The van der Waals surface area contributed by atoms with Crippen molar-refractivity contribution in [1.82, 2.24) is 0 Å². The first kappa shape index (κ1) is 16.8. The van der Waals surface area contributed by atoms with Crippen LogP contribution in [0.4, 0.5) is 11.4 Å². The lowest BCUT2D eigenvalue weighted by atomic mass is 10.2. The number of para-hydroxylation sites is 2. The summed E-state index contributed by atoms with van der Waals surface area (Å²) in [7, 11) is -3.52. The lowest BCUT2D eigenvalue weighted by Crippen LogP contribution is -2.48. The molecular formula is C16H15BrN2O4S. The van der Waals surface area contributed by atoms with Gasteiger partial charge in [-0.25, -0.2) is 8.42 Å². The van der Waals surface area contributed by atoms with E-state index in [1.165, 1.54) is 4.31 Å². The molecule has 0 aliphatic carbocycles. The van der Waals surface area contributed by atoms with Crippen molar-refractivity contribution in [2.45, 2.75) is 6.10 Å². The standard InChI is InChI=1S/C16H15BrN2O4S/c1-24(21,22)19-10-15(23-14-5-3-2-4-13(14)19)16(20)18-12-8-6-11(17)7-9-12/h2-9,15H,10H2,1H3,(H,18,20)/t15-/m0/s1. The van der Waals surface area contributed by atoms with Crippen LogP contribution in [0.3, 0.4) is 0 Å². The first-order valence-corrected chi connectivity index (χ1v) is 9.78. The number of nitrogens with one attached hydrogen (secondary N) is 1. The quantitative estimate of drug-likeness (QED) is 0.843. The number of carbonyl (C=O) groups excluding carboxylic acids is 1. The molecule has 0 bridgehead atoms. The van der Waals surface area contributed by atoms with Crippen LogP contribution < -0.4 is 14.4 Å². The highest BCUT2D eigenvalue weighted by Crippen LogP contribution is 2.34. The van der Waals surface area contributed by atoms with E-state index in [9.17, 15) is 13.2 Å². The summed E-state index contributed by atoms with van der Waals surface area (Å²) in [6, 6.07) is 13.8. The number of ether oxygens (including phenoxy) is 1. The molecule has 0 saturated heterocycles. The lowest BCUT2D eigenvalue weighted by molar-refractivity contribution is -0.122. The Morgan fingerprint density at radius 1 is 1.21 bits per heavy atom. The maximum absolute atomic E-state index is 12.5. The monoisotopic (exact) mass is 410 g/mol. The van der Waals surface area contributed by atoms with E-state index in [1.54, 1.807) is 48.5 Å². The zero-order valence-electron chi connectivity index (χ0n) is 12.8. The first-order valence-electron chi connectivity index (χ1n) is 7.14. The Bertz CT molecular complexity index is 868. The molecule has 126 valence electrons. The number of anilines is 2. The molecule has 1 heterocycles. The van der Waals surface area contributed by atoms with Crippen molar-refractivity contribution in [3.8, 4) is 5.75 Å². The topological polar surface area (TPSA) is 75.7 Å². The van der Waals surface area contributed by atoms with Crippen LogP contribution in [0.2, 0.25) is 0 Å². The molecule has 8 heteroatoms. The van der Waals surface area contributed by atoms with E-state index in [1.807, 2.05) is 0 Å². The van der Waals surface area contributed by atoms with Crippen molar-refractivity contribution in [2.75, 3.05) is 22.4 Å². The molecule has 0 saturated carbocycles. The summed E-state index contributed by atoms with van der Waals surface area (Å²) in [6.45, 7) is -0.0712. The fourth-order valence-corrected chi connectivity index (χ4v) is 3.59. The van der Waals surface area contributed by atoms with Crippen LogP contribution in [0.25, 0.3) is 0 Å². The summed E-state index contributed by atoms with van der Waals surface area (Å²) in [5.74, 6) is -0.0365. The van der Waals surface area contributed by atoms with E-state index < -0.39 is 22.0 Å². The average molecular weight is 411 g/mol. The fraction of sp³-hybridized carbons (Fsp3) is 0.188. The Morgan fingerprint density at radius 2 is 1.88 bits per heavy atom. The number of nitrogens with zero attached hydrogens (tertiary/aromatic N) is 1. The second kappa shape index (κ2) is 6.45. The molecule has 1 atom stereocenters. The predicted octanol–water partition coefficient (Wildman–Crippen LogP) is 2.61. The molecule has 1 amide bonds. The number of hydrogen-bond donors (Lipinski definition) is 1. The van der Waals surface area contributed by atoms with Gasteiger partial charge >= 0.3 is 0 Å². The van der Waals surface area contributed by atoms with Gasteiger partial charge in [-0.1, -0.05) is 28.1 Å². The van der Waals surface area contributed by atoms with Gasteiger partial charge in [0.25, 0.3) is 5.91 Å². The van der Waals surface area contributed by atoms with Crippen LogP contribution in [0.5, 0.6) is 5.75 Å². The number of carbonyl (C=O) groups is 1. The number of amides is 1. The van der Waals surface area contributed by atoms with Crippen molar-refractivity contribution >= 4 is 43.2 Å². The molecule has 1 aliphatic rings. The van der Waals surface area contributed by atoms with Crippen LogP contribution in [-0.2, 0) is 14.8 Å². The molecule has 24 heavy (non-hydrogen) atoms. The summed E-state index contributed by atoms with van der Waals surface area (Å²) in [5.41, 5.74) is 1.05. The SMILES string of the molecule is CS(=O)(=O)N1C[C@@H](C(=O)Nc2ccc(Br)cc2)Oc2ccccc21.